The summed E-state index contributed by atoms with van der Waals surface area (Å²) in [6.45, 7) is 4.82. The molecule has 2 nitrogen and oxygen atoms in total. The van der Waals surface area contributed by atoms with Gasteiger partial charge in [-0.05, 0) is 48.7 Å². The Bertz CT molecular complexity index is 595. The van der Waals surface area contributed by atoms with E-state index < -0.39 is 0 Å². The second kappa shape index (κ2) is 6.29. The molecule has 1 atom stereocenters. The molecule has 0 fully saturated rings. The van der Waals surface area contributed by atoms with Crippen LogP contribution in [0.1, 0.15) is 29.7 Å². The zero-order chi connectivity index (χ0) is 14.7. The Labute approximate surface area is 126 Å². The first-order chi connectivity index (χ1) is 9.52. The van der Waals surface area contributed by atoms with Crippen LogP contribution >= 0.6 is 11.6 Å². The fraction of sp³-hybridized carbons (Fsp3) is 0.294. The second-order valence-corrected chi connectivity index (χ2v) is 5.61. The van der Waals surface area contributed by atoms with Gasteiger partial charge in [-0.15, -0.1) is 0 Å². The third-order valence-electron chi connectivity index (χ3n) is 3.75. The molecule has 0 heterocycles. The van der Waals surface area contributed by atoms with Gasteiger partial charge in [-0.2, -0.15) is 0 Å². The van der Waals surface area contributed by atoms with Crippen molar-refractivity contribution in [3.8, 4) is 0 Å². The van der Waals surface area contributed by atoms with Gasteiger partial charge in [0.1, 0.15) is 0 Å². The number of halogens is 1. The Balaban J connectivity index is 2.35. The lowest BCUT2D eigenvalue weighted by atomic mass is 10.0. The van der Waals surface area contributed by atoms with Crippen molar-refractivity contribution in [1.82, 2.24) is 0 Å². The van der Waals surface area contributed by atoms with Gasteiger partial charge >= 0.3 is 0 Å². The molecular weight excluding hydrogens is 268 g/mol. The molecule has 2 rings (SSSR count). The predicted molar refractivity (Wildman–Crippen MR) is 87.3 cm³/mol. The molecule has 3 heteroatoms. The van der Waals surface area contributed by atoms with Gasteiger partial charge in [0.15, 0.2) is 0 Å². The van der Waals surface area contributed by atoms with Crippen molar-refractivity contribution in [3.63, 3.8) is 0 Å². The normalized spacial score (nSPS) is 12.2. The van der Waals surface area contributed by atoms with E-state index in [1.807, 2.05) is 18.2 Å². The summed E-state index contributed by atoms with van der Waals surface area (Å²) in [6, 6.07) is 14.6. The van der Waals surface area contributed by atoms with Crippen LogP contribution in [-0.4, -0.2) is 7.05 Å². The van der Waals surface area contributed by atoms with Crippen LogP contribution in [0.2, 0.25) is 5.02 Å². The predicted octanol–water partition coefficient (Wildman–Crippen LogP) is 4.30. The van der Waals surface area contributed by atoms with Crippen LogP contribution in [0.15, 0.2) is 42.5 Å². The maximum atomic E-state index is 6.08. The van der Waals surface area contributed by atoms with Gasteiger partial charge in [-0.25, -0.2) is 0 Å². The lowest BCUT2D eigenvalue weighted by molar-refractivity contribution is 0.734. The first-order valence-electron chi connectivity index (χ1n) is 6.81. The van der Waals surface area contributed by atoms with Gasteiger partial charge in [-0.1, -0.05) is 35.9 Å². The first kappa shape index (κ1) is 14.9. The number of hydrogen-bond acceptors (Lipinski definition) is 2. The van der Waals surface area contributed by atoms with E-state index in [2.05, 4.69) is 50.1 Å². The van der Waals surface area contributed by atoms with Crippen molar-refractivity contribution in [2.45, 2.75) is 26.4 Å². The smallest absolute Gasteiger partial charge is 0.0511 e. The summed E-state index contributed by atoms with van der Waals surface area (Å²) >= 11 is 6.08. The molecule has 0 saturated carbocycles. The van der Waals surface area contributed by atoms with Crippen LogP contribution in [0.4, 0.5) is 5.69 Å². The zero-order valence-electron chi connectivity index (χ0n) is 12.2. The van der Waals surface area contributed by atoms with E-state index in [0.717, 1.165) is 10.6 Å². The van der Waals surface area contributed by atoms with Crippen LogP contribution in [0, 0.1) is 6.92 Å². The van der Waals surface area contributed by atoms with E-state index in [1.54, 1.807) is 0 Å². The molecule has 0 bridgehead atoms. The van der Waals surface area contributed by atoms with Crippen molar-refractivity contribution >= 4 is 17.3 Å². The molecule has 2 N–H and O–H groups in total. The average molecular weight is 289 g/mol. The van der Waals surface area contributed by atoms with Gasteiger partial charge in [0.25, 0.3) is 0 Å². The Kier molecular flexibility index (Phi) is 4.69. The SMILES string of the molecule is Cc1ccc(CN)c(N(C)C(C)c2cccc(Cl)c2)c1. The van der Waals surface area contributed by atoms with Crippen LogP contribution in [0.3, 0.4) is 0 Å². The molecule has 1 unspecified atom stereocenters. The highest BCUT2D eigenvalue weighted by Crippen LogP contribution is 2.29. The third kappa shape index (κ3) is 3.14. The van der Waals surface area contributed by atoms with Gasteiger partial charge < -0.3 is 10.6 Å². The standard InChI is InChI=1S/C17H21ClN2/c1-12-7-8-15(11-19)17(9-12)20(3)13(2)14-5-4-6-16(18)10-14/h4-10,13H,11,19H2,1-3H3. The Morgan fingerprint density at radius 1 is 1.20 bits per heavy atom. The van der Waals surface area contributed by atoms with Crippen molar-refractivity contribution in [2.24, 2.45) is 5.73 Å². The third-order valence-corrected chi connectivity index (χ3v) is 3.99. The van der Waals surface area contributed by atoms with E-state index in [1.165, 1.54) is 16.8 Å². The largest absolute Gasteiger partial charge is 0.368 e. The number of aryl methyl sites for hydroxylation is 1. The Morgan fingerprint density at radius 2 is 1.95 bits per heavy atom. The number of hydrogen-bond donors (Lipinski definition) is 1. The molecule has 0 aliphatic rings. The Morgan fingerprint density at radius 3 is 2.60 bits per heavy atom. The minimum absolute atomic E-state index is 0.237. The van der Waals surface area contributed by atoms with E-state index in [4.69, 9.17) is 17.3 Å². The summed E-state index contributed by atoms with van der Waals surface area (Å²) in [5, 5.41) is 0.769. The minimum Gasteiger partial charge on any atom is -0.368 e. The van der Waals surface area contributed by atoms with Crippen LogP contribution < -0.4 is 10.6 Å². The highest BCUT2D eigenvalue weighted by atomic mass is 35.5. The van der Waals surface area contributed by atoms with Gasteiger partial charge in [0, 0.05) is 24.3 Å². The quantitative estimate of drug-likeness (QED) is 0.908. The summed E-state index contributed by atoms with van der Waals surface area (Å²) < 4.78 is 0. The molecule has 0 radical (unpaired) electrons. The highest BCUT2D eigenvalue weighted by molar-refractivity contribution is 6.30. The van der Waals surface area contributed by atoms with E-state index in [-0.39, 0.29) is 6.04 Å². The lowest BCUT2D eigenvalue weighted by Gasteiger charge is -2.29. The van der Waals surface area contributed by atoms with E-state index >= 15 is 0 Å². The van der Waals surface area contributed by atoms with Crippen molar-refractivity contribution < 1.29 is 0 Å². The summed E-state index contributed by atoms with van der Waals surface area (Å²) in [7, 11) is 2.10. The number of anilines is 1. The number of benzene rings is 2. The van der Waals surface area contributed by atoms with Crippen molar-refractivity contribution in [2.75, 3.05) is 11.9 Å². The van der Waals surface area contributed by atoms with Crippen LogP contribution in [0.25, 0.3) is 0 Å². The highest BCUT2D eigenvalue weighted by Gasteiger charge is 2.15. The average Bonchev–Trinajstić information content (AvgIpc) is 2.45. The molecule has 0 spiro atoms. The lowest BCUT2D eigenvalue weighted by Crippen LogP contribution is -2.23. The van der Waals surface area contributed by atoms with Gasteiger partial charge in [0.05, 0.1) is 6.04 Å². The molecule has 2 aromatic carbocycles. The fourth-order valence-corrected chi connectivity index (χ4v) is 2.57. The molecular formula is C17H21ClN2. The summed E-state index contributed by atoms with van der Waals surface area (Å²) in [6.07, 6.45) is 0. The van der Waals surface area contributed by atoms with Gasteiger partial charge in [-0.3, -0.25) is 0 Å². The molecule has 0 aliphatic carbocycles. The Hall–Kier alpha value is -1.51. The summed E-state index contributed by atoms with van der Waals surface area (Å²) in [4.78, 5) is 2.25. The fourth-order valence-electron chi connectivity index (χ4n) is 2.37. The monoisotopic (exact) mass is 288 g/mol. The molecule has 0 aromatic heterocycles. The van der Waals surface area contributed by atoms with Crippen molar-refractivity contribution in [3.05, 3.63) is 64.2 Å². The van der Waals surface area contributed by atoms with Crippen molar-refractivity contribution in [1.29, 1.82) is 0 Å². The first-order valence-corrected chi connectivity index (χ1v) is 7.18. The van der Waals surface area contributed by atoms with E-state index in [9.17, 15) is 0 Å². The molecule has 106 valence electrons. The maximum absolute atomic E-state index is 6.08. The number of rotatable bonds is 4. The molecule has 0 amide bonds. The number of nitrogens with two attached hydrogens (primary N) is 1. The van der Waals surface area contributed by atoms with Crippen LogP contribution in [0.5, 0.6) is 0 Å². The number of nitrogens with zero attached hydrogens (tertiary/aromatic N) is 1. The summed E-state index contributed by atoms with van der Waals surface area (Å²) in [5.74, 6) is 0. The molecule has 0 aliphatic heterocycles. The van der Waals surface area contributed by atoms with E-state index in [0.29, 0.717) is 6.54 Å². The molecule has 20 heavy (non-hydrogen) atoms. The maximum Gasteiger partial charge on any atom is 0.0511 e. The topological polar surface area (TPSA) is 29.3 Å². The summed E-state index contributed by atoms with van der Waals surface area (Å²) in [5.41, 5.74) is 10.6. The zero-order valence-corrected chi connectivity index (χ0v) is 13.0. The van der Waals surface area contributed by atoms with Gasteiger partial charge in [0.2, 0.25) is 0 Å². The molecule has 2 aromatic rings. The second-order valence-electron chi connectivity index (χ2n) is 5.18. The molecule has 0 saturated heterocycles. The van der Waals surface area contributed by atoms with Crippen LogP contribution in [-0.2, 0) is 6.54 Å². The minimum atomic E-state index is 0.237.